The number of aromatic hydroxyl groups is 1. The van der Waals surface area contributed by atoms with E-state index in [2.05, 4.69) is 13.8 Å². The van der Waals surface area contributed by atoms with Crippen LogP contribution in [-0.2, 0) is 20.7 Å². The average Bonchev–Trinajstić information content (AvgIpc) is 3.31. The number of ketones is 1. The third-order valence-electron chi connectivity index (χ3n) is 10.7. The Labute approximate surface area is 251 Å². The molecule has 1 aromatic rings. The van der Waals surface area contributed by atoms with E-state index >= 15 is 0 Å². The number of aliphatic hydroxyl groups is 2. The second kappa shape index (κ2) is 13.7. The third-order valence-corrected chi connectivity index (χ3v) is 10.7. The molecule has 1 aromatic carbocycles. The van der Waals surface area contributed by atoms with E-state index in [1.165, 1.54) is 0 Å². The Morgan fingerprint density at radius 1 is 1.12 bits per heavy atom. The number of benzene rings is 1. The van der Waals surface area contributed by atoms with Gasteiger partial charge in [-0.1, -0.05) is 53.7 Å². The minimum atomic E-state index is -1.18. The molecular formula is C34H54O8. The number of carbonyl (C=O) groups excluding carboxylic acids is 1. The zero-order chi connectivity index (χ0) is 31.6. The summed E-state index contributed by atoms with van der Waals surface area (Å²) < 4.78 is 13.2. The fourth-order valence-electron chi connectivity index (χ4n) is 7.45. The van der Waals surface area contributed by atoms with Crippen molar-refractivity contribution in [1.82, 2.24) is 0 Å². The summed E-state index contributed by atoms with van der Waals surface area (Å²) in [5.74, 6) is -2.55. The average molecular weight is 591 g/mol. The van der Waals surface area contributed by atoms with E-state index in [9.17, 15) is 30.0 Å². The fraction of sp³-hybridized carbons (Fsp3) is 0.765. The molecule has 0 aliphatic carbocycles. The summed E-state index contributed by atoms with van der Waals surface area (Å²) >= 11 is 0. The lowest BCUT2D eigenvalue weighted by molar-refractivity contribution is -0.229. The summed E-state index contributed by atoms with van der Waals surface area (Å²) in [5.41, 5.74) is -0.437. The van der Waals surface area contributed by atoms with Gasteiger partial charge in [-0.2, -0.15) is 0 Å². The number of carboxylic acid groups (broad SMARTS) is 1. The van der Waals surface area contributed by atoms with Gasteiger partial charge in [0.05, 0.1) is 35.6 Å². The molecular weight excluding hydrogens is 536 g/mol. The van der Waals surface area contributed by atoms with Crippen LogP contribution in [0.15, 0.2) is 12.1 Å². The summed E-state index contributed by atoms with van der Waals surface area (Å²) in [6.07, 6.45) is 3.34. The van der Waals surface area contributed by atoms with Crippen molar-refractivity contribution in [2.75, 3.05) is 0 Å². The summed E-state index contributed by atoms with van der Waals surface area (Å²) in [6.45, 7) is 15.4. The van der Waals surface area contributed by atoms with Crippen LogP contribution in [0.2, 0.25) is 0 Å². The predicted molar refractivity (Wildman–Crippen MR) is 162 cm³/mol. The number of hydrogen-bond acceptors (Lipinski definition) is 7. The topological polar surface area (TPSA) is 134 Å². The Morgan fingerprint density at radius 3 is 2.33 bits per heavy atom. The molecule has 2 aliphatic rings. The number of aliphatic hydroxyl groups excluding tert-OH is 1. The number of carbonyl (C=O) groups is 2. The van der Waals surface area contributed by atoms with Gasteiger partial charge in [0, 0.05) is 11.8 Å². The SMILES string of the molecule is CC[C@@H](C(=O)[C@@H](C)[C@@H](O)C(C)CCc1ccc(C)c(O)c1C(=O)O)[C@H]1O[C@](CC)([C@H]2CC[C@](O)(CC)[C@H](C)O2)C[C@@H]1C. The van der Waals surface area contributed by atoms with E-state index in [1.54, 1.807) is 26.0 Å². The lowest BCUT2D eigenvalue weighted by Gasteiger charge is -2.47. The van der Waals surface area contributed by atoms with Crippen molar-refractivity contribution >= 4 is 11.8 Å². The standard InChI is InChI=1S/C34H54O8/c1-9-25(31-21(6)18-34(11-3,42-31)26-16-17-33(40,10-2)23(8)41-26)30(37)22(7)28(35)19(4)12-14-24-15-13-20(5)29(36)27(24)32(38)39/h13,15,19,21-23,25-26,28,31,35-36,40H,9-12,14,16-18H2,1-8H3,(H,38,39)/t19?,21-,22-,23-,25-,26+,28-,31-,33+,34-/m0/s1. The normalized spacial score (nSPS) is 32.7. The maximum atomic E-state index is 13.9. The van der Waals surface area contributed by atoms with Crippen molar-refractivity contribution in [3.63, 3.8) is 0 Å². The van der Waals surface area contributed by atoms with Gasteiger partial charge in [-0.15, -0.1) is 0 Å². The first kappa shape index (κ1) is 34.5. The molecule has 42 heavy (non-hydrogen) atoms. The van der Waals surface area contributed by atoms with Gasteiger partial charge in [0.25, 0.3) is 0 Å². The van der Waals surface area contributed by atoms with Crippen molar-refractivity contribution in [1.29, 1.82) is 0 Å². The highest BCUT2D eigenvalue weighted by atomic mass is 16.6. The van der Waals surface area contributed by atoms with E-state index in [0.29, 0.717) is 49.7 Å². The Bertz CT molecular complexity index is 1100. The lowest BCUT2D eigenvalue weighted by atomic mass is 9.76. The van der Waals surface area contributed by atoms with Crippen molar-refractivity contribution in [2.45, 2.75) is 142 Å². The first-order valence-electron chi connectivity index (χ1n) is 16.0. The van der Waals surface area contributed by atoms with E-state index in [-0.39, 0.29) is 53.2 Å². The molecule has 4 N–H and O–H groups in total. The zero-order valence-electron chi connectivity index (χ0n) is 26.9. The van der Waals surface area contributed by atoms with Gasteiger partial charge in [0.2, 0.25) is 0 Å². The molecule has 3 rings (SSSR count). The fourth-order valence-corrected chi connectivity index (χ4v) is 7.45. The highest BCUT2D eigenvalue weighted by molar-refractivity contribution is 5.93. The van der Waals surface area contributed by atoms with Crippen LogP contribution in [0.4, 0.5) is 0 Å². The van der Waals surface area contributed by atoms with Gasteiger partial charge < -0.3 is 29.9 Å². The van der Waals surface area contributed by atoms with Crippen LogP contribution in [0.3, 0.4) is 0 Å². The maximum Gasteiger partial charge on any atom is 0.339 e. The Kier molecular flexibility index (Phi) is 11.3. The van der Waals surface area contributed by atoms with Gasteiger partial charge in [0.15, 0.2) is 0 Å². The summed E-state index contributed by atoms with van der Waals surface area (Å²) in [4.78, 5) is 25.7. The maximum absolute atomic E-state index is 13.9. The van der Waals surface area contributed by atoms with Crippen LogP contribution in [0.5, 0.6) is 5.75 Å². The number of carboxylic acids is 1. The molecule has 238 valence electrons. The van der Waals surface area contributed by atoms with Crippen LogP contribution in [0, 0.1) is 30.6 Å². The van der Waals surface area contributed by atoms with Crippen molar-refractivity contribution in [3.05, 3.63) is 28.8 Å². The van der Waals surface area contributed by atoms with Gasteiger partial charge in [-0.25, -0.2) is 4.79 Å². The summed E-state index contributed by atoms with van der Waals surface area (Å²) in [7, 11) is 0. The third kappa shape index (κ3) is 6.72. The summed E-state index contributed by atoms with van der Waals surface area (Å²) in [5, 5.41) is 42.1. The number of phenols is 1. The van der Waals surface area contributed by atoms with E-state index < -0.39 is 29.2 Å². The van der Waals surface area contributed by atoms with E-state index in [4.69, 9.17) is 9.47 Å². The Morgan fingerprint density at radius 2 is 1.79 bits per heavy atom. The van der Waals surface area contributed by atoms with Gasteiger partial charge in [0.1, 0.15) is 17.1 Å². The predicted octanol–water partition coefficient (Wildman–Crippen LogP) is 5.84. The van der Waals surface area contributed by atoms with Crippen molar-refractivity contribution < 1.29 is 39.5 Å². The van der Waals surface area contributed by atoms with Gasteiger partial charge in [-0.3, -0.25) is 4.79 Å². The lowest BCUT2D eigenvalue weighted by Crippen LogP contribution is -2.55. The number of ether oxygens (including phenoxy) is 2. The highest BCUT2D eigenvalue weighted by Crippen LogP contribution is 2.48. The van der Waals surface area contributed by atoms with Crippen LogP contribution in [-0.4, -0.2) is 67.8 Å². The summed E-state index contributed by atoms with van der Waals surface area (Å²) in [6, 6.07) is 3.40. The minimum Gasteiger partial charge on any atom is -0.507 e. The molecule has 2 fully saturated rings. The molecule has 1 unspecified atom stereocenters. The second-order valence-corrected chi connectivity index (χ2v) is 13.2. The number of aryl methyl sites for hydroxylation is 2. The van der Waals surface area contributed by atoms with Crippen LogP contribution >= 0.6 is 0 Å². The van der Waals surface area contributed by atoms with E-state index in [0.717, 1.165) is 12.8 Å². The molecule has 0 saturated carbocycles. The zero-order valence-corrected chi connectivity index (χ0v) is 26.9. The molecule has 2 saturated heterocycles. The molecule has 0 spiro atoms. The smallest absolute Gasteiger partial charge is 0.339 e. The highest BCUT2D eigenvalue weighted by Gasteiger charge is 2.55. The van der Waals surface area contributed by atoms with E-state index in [1.807, 2.05) is 27.7 Å². The second-order valence-electron chi connectivity index (χ2n) is 13.2. The Hall–Kier alpha value is -2.00. The quantitative estimate of drug-likeness (QED) is 0.225. The number of rotatable bonds is 13. The first-order chi connectivity index (χ1) is 19.7. The van der Waals surface area contributed by atoms with Crippen molar-refractivity contribution in [3.8, 4) is 5.75 Å². The molecule has 2 heterocycles. The number of aromatic carboxylic acids is 1. The first-order valence-corrected chi connectivity index (χ1v) is 16.0. The number of hydrogen-bond donors (Lipinski definition) is 4. The molecule has 2 aliphatic heterocycles. The molecule has 8 nitrogen and oxygen atoms in total. The van der Waals surface area contributed by atoms with Gasteiger partial charge in [-0.05, 0) is 88.2 Å². The molecule has 0 aromatic heterocycles. The molecule has 8 heteroatoms. The van der Waals surface area contributed by atoms with Crippen LogP contribution in [0.1, 0.15) is 115 Å². The number of Topliss-reactive ketones (excluding diaryl/α,β-unsaturated/α-hetero) is 1. The molecule has 0 radical (unpaired) electrons. The van der Waals surface area contributed by atoms with Crippen molar-refractivity contribution in [2.24, 2.45) is 23.7 Å². The van der Waals surface area contributed by atoms with Crippen LogP contribution in [0.25, 0.3) is 0 Å². The molecule has 0 bridgehead atoms. The minimum absolute atomic E-state index is 0.0157. The Balaban J connectivity index is 1.69. The monoisotopic (exact) mass is 590 g/mol. The van der Waals surface area contributed by atoms with Gasteiger partial charge >= 0.3 is 5.97 Å². The molecule has 0 amide bonds. The molecule has 10 atom stereocenters. The van der Waals surface area contributed by atoms with Crippen LogP contribution < -0.4 is 0 Å². The largest absolute Gasteiger partial charge is 0.507 e.